The zero-order chi connectivity index (χ0) is 14.4. The van der Waals surface area contributed by atoms with Gasteiger partial charge in [-0.1, -0.05) is 30.3 Å². The summed E-state index contributed by atoms with van der Waals surface area (Å²) in [6, 6.07) is 11.8. The number of Topliss-reactive ketones (excluding diaryl/α,β-unsaturated/α-hetero) is 1. The number of furan rings is 1. The summed E-state index contributed by atoms with van der Waals surface area (Å²) in [5.74, 6) is -1.22. The largest absolute Gasteiger partial charge is 0.481 e. The smallest absolute Gasteiger partial charge is 0.305 e. The van der Waals surface area contributed by atoms with Crippen LogP contribution in [0.1, 0.15) is 22.5 Å². The van der Waals surface area contributed by atoms with Crippen molar-refractivity contribution in [1.82, 2.24) is 5.32 Å². The Morgan fingerprint density at radius 1 is 1.15 bits per heavy atom. The summed E-state index contributed by atoms with van der Waals surface area (Å²) < 4.78 is 5.03. The highest BCUT2D eigenvalue weighted by molar-refractivity contribution is 5.99. The Morgan fingerprint density at radius 2 is 1.90 bits per heavy atom. The van der Waals surface area contributed by atoms with Crippen molar-refractivity contribution in [2.45, 2.75) is 19.0 Å². The van der Waals surface area contributed by atoms with Crippen LogP contribution in [-0.2, 0) is 11.3 Å². The van der Waals surface area contributed by atoms with Crippen LogP contribution in [0, 0.1) is 0 Å². The van der Waals surface area contributed by atoms with E-state index in [1.54, 1.807) is 6.07 Å². The fraction of sp³-hybridized carbons (Fsp3) is 0.200. The Hall–Kier alpha value is -2.40. The number of hydrogen-bond donors (Lipinski definition) is 2. The Kier molecular flexibility index (Phi) is 4.68. The lowest BCUT2D eigenvalue weighted by atomic mass is 10.1. The average molecular weight is 273 g/mol. The highest BCUT2D eigenvalue weighted by atomic mass is 16.4. The molecule has 0 fully saturated rings. The summed E-state index contributed by atoms with van der Waals surface area (Å²) in [5.41, 5.74) is 0.982. The second-order valence-electron chi connectivity index (χ2n) is 4.36. The predicted octanol–water partition coefficient (Wildman–Crippen LogP) is 2.10. The van der Waals surface area contributed by atoms with Gasteiger partial charge in [0, 0.05) is 6.54 Å². The van der Waals surface area contributed by atoms with Gasteiger partial charge in [-0.25, -0.2) is 0 Å². The Labute approximate surface area is 116 Å². The number of aliphatic carboxylic acids is 1. The molecule has 0 amide bonds. The molecule has 20 heavy (non-hydrogen) atoms. The van der Waals surface area contributed by atoms with Crippen molar-refractivity contribution in [1.29, 1.82) is 0 Å². The Bertz CT molecular complexity index is 563. The zero-order valence-corrected chi connectivity index (χ0v) is 10.8. The topological polar surface area (TPSA) is 79.5 Å². The van der Waals surface area contributed by atoms with Crippen LogP contribution in [0.25, 0.3) is 0 Å². The molecule has 1 aromatic carbocycles. The molecule has 0 aliphatic heterocycles. The first-order valence-corrected chi connectivity index (χ1v) is 6.23. The van der Waals surface area contributed by atoms with E-state index in [-0.39, 0.29) is 18.0 Å². The van der Waals surface area contributed by atoms with E-state index in [0.29, 0.717) is 6.54 Å². The molecule has 0 saturated carbocycles. The van der Waals surface area contributed by atoms with Gasteiger partial charge in [-0.15, -0.1) is 0 Å². The summed E-state index contributed by atoms with van der Waals surface area (Å²) >= 11 is 0. The normalized spacial score (nSPS) is 12.0. The van der Waals surface area contributed by atoms with Gasteiger partial charge in [0.05, 0.1) is 18.7 Å². The van der Waals surface area contributed by atoms with Gasteiger partial charge in [-0.2, -0.15) is 0 Å². The van der Waals surface area contributed by atoms with E-state index in [9.17, 15) is 9.59 Å². The highest BCUT2D eigenvalue weighted by Crippen LogP contribution is 2.08. The predicted molar refractivity (Wildman–Crippen MR) is 72.4 cm³/mol. The number of carbonyl (C=O) groups excluding carboxylic acids is 1. The lowest BCUT2D eigenvalue weighted by Gasteiger charge is -2.14. The van der Waals surface area contributed by atoms with E-state index >= 15 is 0 Å². The van der Waals surface area contributed by atoms with E-state index in [1.807, 2.05) is 30.3 Å². The molecule has 0 radical (unpaired) electrons. The SMILES string of the molecule is O=C(O)CC(NCc1ccccc1)C(=O)c1ccco1. The minimum Gasteiger partial charge on any atom is -0.481 e. The second kappa shape index (κ2) is 6.68. The molecule has 1 unspecified atom stereocenters. The van der Waals surface area contributed by atoms with Gasteiger partial charge < -0.3 is 14.8 Å². The molecule has 0 aliphatic carbocycles. The van der Waals surface area contributed by atoms with Gasteiger partial charge in [0.1, 0.15) is 0 Å². The minimum atomic E-state index is -1.03. The molecule has 0 bridgehead atoms. The van der Waals surface area contributed by atoms with Crippen molar-refractivity contribution in [3.8, 4) is 0 Å². The van der Waals surface area contributed by atoms with Crippen LogP contribution >= 0.6 is 0 Å². The van der Waals surface area contributed by atoms with Crippen LogP contribution in [0.5, 0.6) is 0 Å². The van der Waals surface area contributed by atoms with E-state index < -0.39 is 12.0 Å². The standard InChI is InChI=1S/C15H15NO4/c17-14(18)9-12(15(19)13-7-4-8-20-13)16-10-11-5-2-1-3-6-11/h1-8,12,16H,9-10H2,(H,17,18). The van der Waals surface area contributed by atoms with Gasteiger partial charge in [0.25, 0.3) is 0 Å². The fourth-order valence-electron chi connectivity index (χ4n) is 1.86. The molecule has 2 N–H and O–H groups in total. The summed E-state index contributed by atoms with van der Waals surface area (Å²) in [6.07, 6.45) is 1.11. The van der Waals surface area contributed by atoms with E-state index in [4.69, 9.17) is 9.52 Å². The zero-order valence-electron chi connectivity index (χ0n) is 10.8. The second-order valence-corrected chi connectivity index (χ2v) is 4.36. The van der Waals surface area contributed by atoms with E-state index in [2.05, 4.69) is 5.32 Å². The van der Waals surface area contributed by atoms with E-state index in [0.717, 1.165) is 5.56 Å². The number of ketones is 1. The van der Waals surface area contributed by atoms with Crippen LogP contribution in [0.3, 0.4) is 0 Å². The molecule has 104 valence electrons. The van der Waals surface area contributed by atoms with Crippen LogP contribution in [0.15, 0.2) is 53.1 Å². The molecule has 0 aliphatic rings. The quantitative estimate of drug-likeness (QED) is 0.755. The number of carboxylic acid groups (broad SMARTS) is 1. The molecular formula is C15H15NO4. The lowest BCUT2D eigenvalue weighted by Crippen LogP contribution is -2.38. The number of hydrogen-bond acceptors (Lipinski definition) is 4. The summed E-state index contributed by atoms with van der Waals surface area (Å²) in [5, 5.41) is 11.9. The molecule has 0 spiro atoms. The van der Waals surface area contributed by atoms with Crippen LogP contribution in [0.4, 0.5) is 0 Å². The van der Waals surface area contributed by atoms with Crippen molar-refractivity contribution < 1.29 is 19.1 Å². The molecule has 2 rings (SSSR count). The van der Waals surface area contributed by atoms with Crippen molar-refractivity contribution >= 4 is 11.8 Å². The van der Waals surface area contributed by atoms with Crippen molar-refractivity contribution in [2.24, 2.45) is 0 Å². The minimum absolute atomic E-state index is 0.164. The molecule has 2 aromatic rings. The maximum Gasteiger partial charge on any atom is 0.305 e. The first kappa shape index (κ1) is 14.0. The molecule has 0 saturated heterocycles. The third-order valence-electron chi connectivity index (χ3n) is 2.85. The summed E-state index contributed by atoms with van der Waals surface area (Å²) in [7, 11) is 0. The van der Waals surface area contributed by atoms with Crippen LogP contribution in [0.2, 0.25) is 0 Å². The van der Waals surface area contributed by atoms with Gasteiger partial charge in [0.15, 0.2) is 5.76 Å². The Balaban J connectivity index is 2.04. The monoisotopic (exact) mass is 273 g/mol. The number of carboxylic acids is 1. The summed E-state index contributed by atoms with van der Waals surface area (Å²) in [4.78, 5) is 23.0. The van der Waals surface area contributed by atoms with Crippen LogP contribution in [-0.4, -0.2) is 22.9 Å². The van der Waals surface area contributed by atoms with E-state index in [1.165, 1.54) is 12.3 Å². The van der Waals surface area contributed by atoms with Crippen LogP contribution < -0.4 is 5.32 Å². The van der Waals surface area contributed by atoms with Gasteiger partial charge >= 0.3 is 5.97 Å². The van der Waals surface area contributed by atoms with Gasteiger partial charge in [-0.3, -0.25) is 9.59 Å². The number of carbonyl (C=O) groups is 2. The molecule has 1 atom stereocenters. The van der Waals surface area contributed by atoms with Gasteiger partial charge in [-0.05, 0) is 17.7 Å². The Morgan fingerprint density at radius 3 is 2.50 bits per heavy atom. The van der Waals surface area contributed by atoms with Crippen molar-refractivity contribution in [2.75, 3.05) is 0 Å². The maximum absolute atomic E-state index is 12.1. The van der Waals surface area contributed by atoms with Gasteiger partial charge in [0.2, 0.25) is 5.78 Å². The highest BCUT2D eigenvalue weighted by Gasteiger charge is 2.24. The third-order valence-corrected chi connectivity index (χ3v) is 2.85. The first-order chi connectivity index (χ1) is 9.66. The molecule has 5 heteroatoms. The number of nitrogens with one attached hydrogen (secondary N) is 1. The fourth-order valence-corrected chi connectivity index (χ4v) is 1.86. The lowest BCUT2D eigenvalue weighted by molar-refractivity contribution is -0.137. The van der Waals surface area contributed by atoms with Crippen molar-refractivity contribution in [3.63, 3.8) is 0 Å². The first-order valence-electron chi connectivity index (χ1n) is 6.23. The molecule has 1 aromatic heterocycles. The van der Waals surface area contributed by atoms with Crippen molar-refractivity contribution in [3.05, 3.63) is 60.1 Å². The maximum atomic E-state index is 12.1. The molecule has 1 heterocycles. The molecule has 5 nitrogen and oxygen atoms in total. The third kappa shape index (κ3) is 3.80. The number of benzene rings is 1. The number of rotatable bonds is 7. The average Bonchev–Trinajstić information content (AvgIpc) is 2.97. The summed E-state index contributed by atoms with van der Waals surface area (Å²) in [6.45, 7) is 0.422. The molecular weight excluding hydrogens is 258 g/mol.